The fraction of sp³-hybridized carbons (Fsp3) is 0.286. The van der Waals surface area contributed by atoms with Gasteiger partial charge in [0.25, 0.3) is 0 Å². The highest BCUT2D eigenvalue weighted by molar-refractivity contribution is 9.10. The molecule has 0 radical (unpaired) electrons. The summed E-state index contributed by atoms with van der Waals surface area (Å²) < 4.78 is 14.3. The van der Waals surface area contributed by atoms with Gasteiger partial charge < -0.3 is 5.32 Å². The third-order valence-corrected chi connectivity index (χ3v) is 4.65. The second-order valence-electron chi connectivity index (χ2n) is 4.26. The predicted octanol–water partition coefficient (Wildman–Crippen LogP) is 4.58. The maximum absolute atomic E-state index is 13.4. The number of benzene rings is 1. The van der Waals surface area contributed by atoms with Crippen LogP contribution in [-0.2, 0) is 0 Å². The van der Waals surface area contributed by atoms with E-state index in [1.54, 1.807) is 23.5 Å². The van der Waals surface area contributed by atoms with Crippen molar-refractivity contribution < 1.29 is 4.39 Å². The predicted molar refractivity (Wildman–Crippen MR) is 78.8 cm³/mol. The van der Waals surface area contributed by atoms with Crippen LogP contribution in [0.5, 0.6) is 0 Å². The normalized spacial score (nSPS) is 12.7. The number of thiophene rings is 1. The van der Waals surface area contributed by atoms with Crippen LogP contribution in [0, 0.1) is 19.7 Å². The molecule has 0 saturated carbocycles. The summed E-state index contributed by atoms with van der Waals surface area (Å²) in [7, 11) is 1.90. The second-order valence-corrected chi connectivity index (χ2v) is 6.57. The van der Waals surface area contributed by atoms with E-state index in [2.05, 4.69) is 41.2 Å². The van der Waals surface area contributed by atoms with Crippen LogP contribution < -0.4 is 5.32 Å². The van der Waals surface area contributed by atoms with Gasteiger partial charge in [-0.1, -0.05) is 15.9 Å². The molecule has 0 aliphatic carbocycles. The average Bonchev–Trinajstić information content (AvgIpc) is 2.64. The van der Waals surface area contributed by atoms with Gasteiger partial charge in [-0.15, -0.1) is 11.3 Å². The van der Waals surface area contributed by atoms with E-state index in [1.165, 1.54) is 21.4 Å². The first-order chi connectivity index (χ1) is 8.52. The Morgan fingerprint density at radius 1 is 1.22 bits per heavy atom. The van der Waals surface area contributed by atoms with Crippen molar-refractivity contribution in [2.24, 2.45) is 0 Å². The van der Waals surface area contributed by atoms with Gasteiger partial charge in [0.15, 0.2) is 0 Å². The molecule has 0 spiro atoms. The molecule has 96 valence electrons. The van der Waals surface area contributed by atoms with Crippen LogP contribution in [-0.4, -0.2) is 7.05 Å². The minimum Gasteiger partial charge on any atom is -0.309 e. The highest BCUT2D eigenvalue weighted by atomic mass is 79.9. The minimum absolute atomic E-state index is 0.0139. The van der Waals surface area contributed by atoms with Crippen LogP contribution in [0.4, 0.5) is 4.39 Å². The minimum atomic E-state index is -0.210. The fourth-order valence-electron chi connectivity index (χ4n) is 2.15. The van der Waals surface area contributed by atoms with Gasteiger partial charge in [-0.3, -0.25) is 0 Å². The lowest BCUT2D eigenvalue weighted by atomic mass is 9.99. The highest BCUT2D eigenvalue weighted by Crippen LogP contribution is 2.34. The van der Waals surface area contributed by atoms with E-state index in [4.69, 9.17) is 0 Å². The van der Waals surface area contributed by atoms with Gasteiger partial charge in [-0.2, -0.15) is 0 Å². The topological polar surface area (TPSA) is 12.0 Å². The number of halogens is 2. The zero-order chi connectivity index (χ0) is 13.3. The number of nitrogens with one attached hydrogen (secondary N) is 1. The van der Waals surface area contributed by atoms with E-state index in [0.29, 0.717) is 0 Å². The fourth-order valence-corrected chi connectivity index (χ4v) is 3.59. The Hall–Kier alpha value is -0.710. The van der Waals surface area contributed by atoms with Crippen LogP contribution in [0.1, 0.15) is 26.9 Å². The molecule has 0 bridgehead atoms. The lowest BCUT2D eigenvalue weighted by molar-refractivity contribution is 0.615. The first kappa shape index (κ1) is 13.7. The highest BCUT2D eigenvalue weighted by Gasteiger charge is 2.19. The summed E-state index contributed by atoms with van der Waals surface area (Å²) in [6.45, 7) is 4.19. The molecule has 1 unspecified atom stereocenters. The van der Waals surface area contributed by atoms with Crippen molar-refractivity contribution in [3.05, 3.63) is 55.4 Å². The standard InChI is InChI=1S/C14H15BrFNS/c1-8-6-11(9(2)18-8)14(17-3)12-7-10(16)4-5-13(12)15/h4-7,14,17H,1-3H3. The van der Waals surface area contributed by atoms with Crippen LogP contribution >= 0.6 is 27.3 Å². The molecule has 1 heterocycles. The lowest BCUT2D eigenvalue weighted by Crippen LogP contribution is -2.18. The summed E-state index contributed by atoms with van der Waals surface area (Å²) in [6.07, 6.45) is 0. The van der Waals surface area contributed by atoms with Crippen LogP contribution in [0.3, 0.4) is 0 Å². The summed E-state index contributed by atoms with van der Waals surface area (Å²) in [4.78, 5) is 2.54. The Balaban J connectivity index is 2.51. The van der Waals surface area contributed by atoms with Crippen molar-refractivity contribution >= 4 is 27.3 Å². The molecule has 0 aliphatic heterocycles. The third-order valence-electron chi connectivity index (χ3n) is 2.95. The SMILES string of the molecule is CNC(c1cc(F)ccc1Br)c1cc(C)sc1C. The molecule has 1 nitrogen and oxygen atoms in total. The Kier molecular flexibility index (Phi) is 4.20. The molecule has 0 saturated heterocycles. The van der Waals surface area contributed by atoms with Crippen molar-refractivity contribution in [1.29, 1.82) is 0 Å². The lowest BCUT2D eigenvalue weighted by Gasteiger charge is -2.18. The quantitative estimate of drug-likeness (QED) is 0.870. The van der Waals surface area contributed by atoms with Crippen LogP contribution in [0.15, 0.2) is 28.7 Å². The molecular weight excluding hydrogens is 313 g/mol. The molecule has 2 aromatic rings. The molecule has 1 aromatic heterocycles. The molecule has 2 rings (SSSR count). The van der Waals surface area contributed by atoms with Gasteiger partial charge in [0, 0.05) is 14.2 Å². The maximum atomic E-state index is 13.4. The molecule has 1 aromatic carbocycles. The number of hydrogen-bond donors (Lipinski definition) is 1. The first-order valence-electron chi connectivity index (χ1n) is 5.72. The smallest absolute Gasteiger partial charge is 0.123 e. The Morgan fingerprint density at radius 2 is 1.94 bits per heavy atom. The molecule has 0 aliphatic rings. The molecule has 4 heteroatoms. The first-order valence-corrected chi connectivity index (χ1v) is 7.33. The molecule has 0 amide bonds. The summed E-state index contributed by atoms with van der Waals surface area (Å²) in [5.74, 6) is -0.210. The van der Waals surface area contributed by atoms with E-state index < -0.39 is 0 Å². The summed E-state index contributed by atoms with van der Waals surface area (Å²) in [5, 5.41) is 3.27. The number of aryl methyl sites for hydroxylation is 2. The molecule has 1 N–H and O–H groups in total. The summed E-state index contributed by atoms with van der Waals surface area (Å²) in [5.41, 5.74) is 2.14. The Labute approximate surface area is 119 Å². The Morgan fingerprint density at radius 3 is 2.50 bits per heavy atom. The van der Waals surface area contributed by atoms with Crippen molar-refractivity contribution in [3.8, 4) is 0 Å². The zero-order valence-corrected chi connectivity index (χ0v) is 13.0. The van der Waals surface area contributed by atoms with E-state index in [-0.39, 0.29) is 11.9 Å². The van der Waals surface area contributed by atoms with Crippen molar-refractivity contribution in [1.82, 2.24) is 5.32 Å². The van der Waals surface area contributed by atoms with E-state index in [0.717, 1.165) is 10.0 Å². The molecule has 18 heavy (non-hydrogen) atoms. The number of rotatable bonds is 3. The summed E-state index contributed by atoms with van der Waals surface area (Å²) in [6, 6.07) is 6.98. The molecular formula is C14H15BrFNS. The van der Waals surface area contributed by atoms with Crippen LogP contribution in [0.2, 0.25) is 0 Å². The monoisotopic (exact) mass is 327 g/mol. The van der Waals surface area contributed by atoms with Gasteiger partial charge in [-0.05, 0) is 56.3 Å². The number of hydrogen-bond acceptors (Lipinski definition) is 2. The van der Waals surface area contributed by atoms with Crippen molar-refractivity contribution in [3.63, 3.8) is 0 Å². The van der Waals surface area contributed by atoms with Gasteiger partial charge in [0.2, 0.25) is 0 Å². The molecule has 1 atom stereocenters. The van der Waals surface area contributed by atoms with Gasteiger partial charge in [0.1, 0.15) is 5.82 Å². The van der Waals surface area contributed by atoms with E-state index >= 15 is 0 Å². The van der Waals surface area contributed by atoms with Gasteiger partial charge >= 0.3 is 0 Å². The summed E-state index contributed by atoms with van der Waals surface area (Å²) >= 11 is 5.27. The Bertz CT molecular complexity index is 565. The average molecular weight is 328 g/mol. The van der Waals surface area contributed by atoms with Gasteiger partial charge in [-0.25, -0.2) is 4.39 Å². The zero-order valence-electron chi connectivity index (χ0n) is 10.6. The largest absolute Gasteiger partial charge is 0.309 e. The molecule has 0 fully saturated rings. The van der Waals surface area contributed by atoms with Crippen molar-refractivity contribution in [2.45, 2.75) is 19.9 Å². The third kappa shape index (κ3) is 2.66. The second kappa shape index (κ2) is 5.51. The van der Waals surface area contributed by atoms with E-state index in [1.807, 2.05) is 7.05 Å². The maximum Gasteiger partial charge on any atom is 0.123 e. The van der Waals surface area contributed by atoms with Gasteiger partial charge in [0.05, 0.1) is 6.04 Å². The van der Waals surface area contributed by atoms with Crippen LogP contribution in [0.25, 0.3) is 0 Å². The van der Waals surface area contributed by atoms with E-state index in [9.17, 15) is 4.39 Å². The van der Waals surface area contributed by atoms with Crippen molar-refractivity contribution in [2.75, 3.05) is 7.05 Å².